The second-order valence-electron chi connectivity index (χ2n) is 10.00. The number of aliphatic hydroxyl groups excluding tert-OH is 1. The molecule has 214 valence electrons. The molecule has 1 aromatic heterocycles. The number of benzene rings is 3. The monoisotopic (exact) mass is 592 g/mol. The fraction of sp³-hybridized carbons (Fsp3) is 0.323. The fourth-order valence-corrected chi connectivity index (χ4v) is 6.98. The number of thioether (sulfide) groups is 1. The van der Waals surface area contributed by atoms with Crippen LogP contribution in [0.25, 0.3) is 10.2 Å². The summed E-state index contributed by atoms with van der Waals surface area (Å²) in [4.78, 5) is 27.6. The van der Waals surface area contributed by atoms with Crippen molar-refractivity contribution in [1.82, 2.24) is 4.98 Å². The van der Waals surface area contributed by atoms with Gasteiger partial charge in [0.15, 0.2) is 10.6 Å². The molecule has 0 spiro atoms. The zero-order valence-corrected chi connectivity index (χ0v) is 24.2. The van der Waals surface area contributed by atoms with E-state index in [9.17, 15) is 14.7 Å². The number of aliphatic hydroxyl groups is 1. The van der Waals surface area contributed by atoms with Crippen LogP contribution < -0.4 is 5.32 Å². The number of aromatic nitrogens is 1. The molecule has 41 heavy (non-hydrogen) atoms. The van der Waals surface area contributed by atoms with Gasteiger partial charge in [-0.25, -0.2) is 4.98 Å². The van der Waals surface area contributed by atoms with Crippen molar-refractivity contribution in [2.24, 2.45) is 5.92 Å². The highest BCUT2D eigenvalue weighted by molar-refractivity contribution is 8.01. The molecule has 1 aliphatic rings. The summed E-state index contributed by atoms with van der Waals surface area (Å²) in [6.07, 6.45) is -0.569. The molecule has 3 aromatic carbocycles. The number of carbonyl (C=O) groups excluding carboxylic acids is 1. The normalized spacial score (nSPS) is 20.6. The SMILES string of the molecule is CC1C(CSc2nc3ccccc3s2)OC(c2ccc(NC(=O)CCCC(=O)O)cc2)OC1c1ccc(CO)cc1. The lowest BCUT2D eigenvalue weighted by Gasteiger charge is -2.41. The summed E-state index contributed by atoms with van der Waals surface area (Å²) in [7, 11) is 0. The molecule has 0 bridgehead atoms. The van der Waals surface area contributed by atoms with E-state index in [1.165, 1.54) is 0 Å². The minimum absolute atomic E-state index is 0.0169. The number of carboxylic acid groups (broad SMARTS) is 1. The Morgan fingerprint density at radius 2 is 1.71 bits per heavy atom. The number of rotatable bonds is 11. The maximum atomic E-state index is 12.2. The number of carboxylic acids is 1. The molecule has 0 radical (unpaired) electrons. The maximum absolute atomic E-state index is 12.2. The van der Waals surface area contributed by atoms with Gasteiger partial charge in [0.1, 0.15) is 0 Å². The Bertz CT molecular complexity index is 1440. The Kier molecular flexibility index (Phi) is 9.68. The lowest BCUT2D eigenvalue weighted by Crippen LogP contribution is -2.38. The lowest BCUT2D eigenvalue weighted by atomic mass is 9.91. The van der Waals surface area contributed by atoms with Crippen molar-refractivity contribution >= 4 is 50.9 Å². The van der Waals surface area contributed by atoms with Crippen LogP contribution in [-0.2, 0) is 25.7 Å². The number of hydrogen-bond donors (Lipinski definition) is 3. The number of fused-ring (bicyclic) bond motifs is 1. The van der Waals surface area contributed by atoms with Gasteiger partial charge in [-0.3, -0.25) is 9.59 Å². The van der Waals surface area contributed by atoms with Crippen LogP contribution in [0.2, 0.25) is 0 Å². The van der Waals surface area contributed by atoms with Gasteiger partial charge in [-0.2, -0.15) is 0 Å². The highest BCUT2D eigenvalue weighted by Crippen LogP contribution is 2.43. The zero-order valence-electron chi connectivity index (χ0n) is 22.6. The lowest BCUT2D eigenvalue weighted by molar-refractivity contribution is -0.268. The van der Waals surface area contributed by atoms with E-state index < -0.39 is 12.3 Å². The number of carbonyl (C=O) groups is 2. The molecule has 2 heterocycles. The zero-order chi connectivity index (χ0) is 28.8. The minimum atomic E-state index is -0.914. The minimum Gasteiger partial charge on any atom is -0.481 e. The number of nitrogens with one attached hydrogen (secondary N) is 1. The summed E-state index contributed by atoms with van der Waals surface area (Å²) in [5, 5.41) is 21.1. The van der Waals surface area contributed by atoms with Crippen LogP contribution in [0.1, 0.15) is 55.3 Å². The molecule has 4 unspecified atom stereocenters. The molecule has 0 aliphatic carbocycles. The smallest absolute Gasteiger partial charge is 0.303 e. The molecule has 1 fully saturated rings. The summed E-state index contributed by atoms with van der Waals surface area (Å²) in [6.45, 7) is 2.12. The van der Waals surface area contributed by atoms with Crippen molar-refractivity contribution in [3.8, 4) is 0 Å². The van der Waals surface area contributed by atoms with Crippen molar-refractivity contribution in [2.75, 3.05) is 11.1 Å². The number of para-hydroxylation sites is 1. The number of hydrogen-bond acceptors (Lipinski definition) is 8. The second kappa shape index (κ2) is 13.6. The fourth-order valence-electron chi connectivity index (χ4n) is 4.72. The number of anilines is 1. The molecule has 8 nitrogen and oxygen atoms in total. The van der Waals surface area contributed by atoms with Gasteiger partial charge in [0.05, 0.1) is 29.0 Å². The van der Waals surface area contributed by atoms with Crippen LogP contribution in [0.3, 0.4) is 0 Å². The van der Waals surface area contributed by atoms with Gasteiger partial charge in [-0.1, -0.05) is 67.2 Å². The van der Waals surface area contributed by atoms with Crippen LogP contribution in [0.4, 0.5) is 5.69 Å². The standard InChI is InChI=1S/C31H32N2O6S2/c1-19-25(18-40-31-33-24-5-2-3-6-26(24)41-31)38-30(39-29(19)21-11-9-20(17-34)10-12-21)22-13-15-23(16-14-22)32-27(35)7-4-8-28(36)37/h2-3,5-6,9-16,19,25,29-30,34H,4,7-8,17-18H2,1H3,(H,32,35)(H,36,37). The van der Waals surface area contributed by atoms with E-state index in [-0.39, 0.29) is 49.9 Å². The molecule has 4 aromatic rings. The summed E-state index contributed by atoms with van der Waals surface area (Å²) in [6, 6.07) is 23.3. The second-order valence-corrected chi connectivity index (χ2v) is 12.3. The topological polar surface area (TPSA) is 118 Å². The first kappa shape index (κ1) is 29.2. The highest BCUT2D eigenvalue weighted by Gasteiger charge is 2.38. The molecule has 1 amide bonds. The summed E-state index contributed by atoms with van der Waals surface area (Å²) in [5.74, 6) is -0.381. The van der Waals surface area contributed by atoms with E-state index in [0.29, 0.717) is 11.4 Å². The van der Waals surface area contributed by atoms with Crippen LogP contribution in [-0.4, -0.2) is 38.9 Å². The third kappa shape index (κ3) is 7.52. The van der Waals surface area contributed by atoms with Crippen LogP contribution in [0.5, 0.6) is 0 Å². The van der Waals surface area contributed by atoms with Crippen molar-refractivity contribution in [3.05, 3.63) is 89.5 Å². The van der Waals surface area contributed by atoms with E-state index in [1.54, 1.807) is 35.2 Å². The van der Waals surface area contributed by atoms with E-state index in [1.807, 2.05) is 54.6 Å². The molecule has 4 atom stereocenters. The van der Waals surface area contributed by atoms with E-state index in [4.69, 9.17) is 19.6 Å². The predicted molar refractivity (Wildman–Crippen MR) is 160 cm³/mol. The third-order valence-corrected chi connectivity index (χ3v) is 9.30. The Morgan fingerprint density at radius 1 is 0.976 bits per heavy atom. The van der Waals surface area contributed by atoms with Gasteiger partial charge in [0.2, 0.25) is 5.91 Å². The van der Waals surface area contributed by atoms with E-state index >= 15 is 0 Å². The van der Waals surface area contributed by atoms with Crippen LogP contribution >= 0.6 is 23.1 Å². The Balaban J connectivity index is 1.31. The molecule has 1 saturated heterocycles. The number of aliphatic carboxylic acids is 1. The van der Waals surface area contributed by atoms with Gasteiger partial charge in [-0.05, 0) is 41.8 Å². The van der Waals surface area contributed by atoms with Crippen molar-refractivity contribution in [1.29, 1.82) is 0 Å². The van der Waals surface area contributed by atoms with Gasteiger partial charge in [0.25, 0.3) is 0 Å². The Hall–Kier alpha value is -3.28. The molecular weight excluding hydrogens is 560 g/mol. The average Bonchev–Trinajstić information content (AvgIpc) is 3.40. The summed E-state index contributed by atoms with van der Waals surface area (Å²) < 4.78 is 15.2. The molecule has 0 saturated carbocycles. The van der Waals surface area contributed by atoms with Gasteiger partial charge in [0, 0.05) is 35.8 Å². The molecule has 5 rings (SSSR count). The number of amides is 1. The van der Waals surface area contributed by atoms with Gasteiger partial charge in [-0.15, -0.1) is 11.3 Å². The summed E-state index contributed by atoms with van der Waals surface area (Å²) in [5.41, 5.74) is 4.30. The molecular formula is C31H32N2O6S2. The first-order valence-electron chi connectivity index (χ1n) is 13.5. The van der Waals surface area contributed by atoms with Gasteiger partial charge >= 0.3 is 5.97 Å². The van der Waals surface area contributed by atoms with E-state index in [0.717, 1.165) is 31.2 Å². The largest absolute Gasteiger partial charge is 0.481 e. The van der Waals surface area contributed by atoms with Crippen molar-refractivity contribution in [3.63, 3.8) is 0 Å². The molecule has 10 heteroatoms. The van der Waals surface area contributed by atoms with Crippen molar-refractivity contribution in [2.45, 2.75) is 55.6 Å². The number of nitrogens with zero attached hydrogens (tertiary/aromatic N) is 1. The first-order chi connectivity index (χ1) is 19.9. The molecule has 3 N–H and O–H groups in total. The van der Waals surface area contributed by atoms with Crippen molar-refractivity contribution < 1.29 is 29.3 Å². The predicted octanol–water partition coefficient (Wildman–Crippen LogP) is 6.57. The Labute approximate surface area is 246 Å². The Morgan fingerprint density at radius 3 is 2.41 bits per heavy atom. The quantitative estimate of drug-likeness (QED) is 0.168. The third-order valence-electron chi connectivity index (χ3n) is 7.03. The highest BCUT2D eigenvalue weighted by atomic mass is 32.2. The van der Waals surface area contributed by atoms with Crippen LogP contribution in [0, 0.1) is 5.92 Å². The summed E-state index contributed by atoms with van der Waals surface area (Å²) >= 11 is 3.36. The van der Waals surface area contributed by atoms with Gasteiger partial charge < -0.3 is 25.0 Å². The van der Waals surface area contributed by atoms with Crippen LogP contribution in [0.15, 0.2) is 77.1 Å². The first-order valence-corrected chi connectivity index (χ1v) is 15.3. The average molecular weight is 593 g/mol. The molecule has 1 aliphatic heterocycles. The van der Waals surface area contributed by atoms with E-state index in [2.05, 4.69) is 18.3 Å². The maximum Gasteiger partial charge on any atom is 0.303 e. The number of ether oxygens (including phenoxy) is 2. The number of thiazole rings is 1.